The van der Waals surface area contributed by atoms with Gasteiger partial charge in [0.1, 0.15) is 18.5 Å². The minimum atomic E-state index is -0.700. The second kappa shape index (κ2) is 9.60. The smallest absolute Gasteiger partial charge is 0.344 e. The molecule has 0 saturated carbocycles. The molecule has 0 aliphatic heterocycles. The summed E-state index contributed by atoms with van der Waals surface area (Å²) in [7, 11) is 0. The first kappa shape index (κ1) is 17.8. The number of hydrogen-bond acceptors (Lipinski definition) is 5. The molecule has 0 aliphatic rings. The molecule has 1 rings (SSSR count). The van der Waals surface area contributed by atoms with Crippen LogP contribution in [0, 0.1) is 0 Å². The third kappa shape index (κ3) is 6.80. The minimum absolute atomic E-state index is 0.0405. The molecule has 0 spiro atoms. The molecule has 1 atom stereocenters. The van der Waals surface area contributed by atoms with Gasteiger partial charge < -0.3 is 19.5 Å². The van der Waals surface area contributed by atoms with Crippen molar-refractivity contribution in [3.8, 4) is 5.75 Å². The summed E-state index contributed by atoms with van der Waals surface area (Å²) in [5.41, 5.74) is 0. The van der Waals surface area contributed by atoms with Crippen molar-refractivity contribution in [2.75, 3.05) is 32.8 Å². The molecule has 6 heteroatoms. The van der Waals surface area contributed by atoms with Crippen LogP contribution in [0.5, 0.6) is 5.75 Å². The Balaban J connectivity index is 2.26. The maximum atomic E-state index is 11.5. The molecule has 0 radical (unpaired) electrons. The number of benzene rings is 1. The maximum absolute atomic E-state index is 11.5. The van der Waals surface area contributed by atoms with E-state index in [2.05, 4.69) is 4.90 Å². The number of nitrogens with zero attached hydrogens (tertiary/aromatic N) is 1. The number of rotatable bonds is 9. The van der Waals surface area contributed by atoms with Crippen molar-refractivity contribution in [2.45, 2.75) is 20.0 Å². The monoisotopic (exact) mass is 315 g/mol. The van der Waals surface area contributed by atoms with Crippen LogP contribution in [0.2, 0.25) is 5.02 Å². The minimum Gasteiger partial charge on any atom is -0.480 e. The number of para-hydroxylation sites is 1. The predicted octanol–water partition coefficient (Wildman–Crippen LogP) is 1.96. The standard InChI is InChI=1S/C15H22ClNO4/c1-3-17(4-2)9-12(18)10-21-15(19)11-20-14-8-6-5-7-13(14)16/h5-8,12,18H,3-4,9-11H2,1-2H3. The van der Waals surface area contributed by atoms with Gasteiger partial charge in [0.05, 0.1) is 5.02 Å². The zero-order chi connectivity index (χ0) is 15.7. The van der Waals surface area contributed by atoms with Crippen molar-refractivity contribution in [3.05, 3.63) is 29.3 Å². The maximum Gasteiger partial charge on any atom is 0.344 e. The highest BCUT2D eigenvalue weighted by molar-refractivity contribution is 6.32. The van der Waals surface area contributed by atoms with Crippen molar-refractivity contribution >= 4 is 17.6 Å². The summed E-state index contributed by atoms with van der Waals surface area (Å²) >= 11 is 5.90. The number of ether oxygens (including phenoxy) is 2. The third-order valence-electron chi connectivity index (χ3n) is 2.98. The summed E-state index contributed by atoms with van der Waals surface area (Å²) in [6.45, 7) is 5.92. The first-order valence-electron chi connectivity index (χ1n) is 7.00. The average Bonchev–Trinajstić information content (AvgIpc) is 2.49. The summed E-state index contributed by atoms with van der Waals surface area (Å²) in [5.74, 6) is -0.103. The van der Waals surface area contributed by atoms with Crippen LogP contribution in [-0.4, -0.2) is 54.9 Å². The molecule has 0 saturated heterocycles. The number of esters is 1. The van der Waals surface area contributed by atoms with E-state index < -0.39 is 12.1 Å². The van der Waals surface area contributed by atoms with Gasteiger partial charge in [0.15, 0.2) is 6.61 Å². The van der Waals surface area contributed by atoms with Gasteiger partial charge in [-0.1, -0.05) is 37.6 Å². The Hall–Kier alpha value is -1.30. The molecular formula is C15H22ClNO4. The lowest BCUT2D eigenvalue weighted by molar-refractivity contribution is -0.149. The van der Waals surface area contributed by atoms with Crippen LogP contribution in [-0.2, 0) is 9.53 Å². The quantitative estimate of drug-likeness (QED) is 0.706. The van der Waals surface area contributed by atoms with E-state index in [1.54, 1.807) is 24.3 Å². The van der Waals surface area contributed by atoms with Crippen LogP contribution >= 0.6 is 11.6 Å². The van der Waals surface area contributed by atoms with E-state index in [-0.39, 0.29) is 13.2 Å². The van der Waals surface area contributed by atoms with E-state index in [1.807, 2.05) is 13.8 Å². The molecule has 0 aliphatic carbocycles. The molecule has 1 N–H and O–H groups in total. The van der Waals surface area contributed by atoms with Crippen molar-refractivity contribution in [2.24, 2.45) is 0 Å². The highest BCUT2D eigenvalue weighted by atomic mass is 35.5. The summed E-state index contributed by atoms with van der Waals surface area (Å²) < 4.78 is 10.2. The predicted molar refractivity (Wildman–Crippen MR) is 81.7 cm³/mol. The van der Waals surface area contributed by atoms with E-state index in [9.17, 15) is 9.90 Å². The van der Waals surface area contributed by atoms with E-state index in [1.165, 1.54) is 0 Å². The van der Waals surface area contributed by atoms with E-state index in [0.717, 1.165) is 13.1 Å². The second-order valence-electron chi connectivity index (χ2n) is 4.54. The Morgan fingerprint density at radius 1 is 1.33 bits per heavy atom. The average molecular weight is 316 g/mol. The molecular weight excluding hydrogens is 294 g/mol. The van der Waals surface area contributed by atoms with Gasteiger partial charge in [-0.05, 0) is 25.2 Å². The van der Waals surface area contributed by atoms with Crippen molar-refractivity contribution < 1.29 is 19.4 Å². The van der Waals surface area contributed by atoms with Crippen LogP contribution in [0.4, 0.5) is 0 Å². The number of carbonyl (C=O) groups is 1. The molecule has 21 heavy (non-hydrogen) atoms. The summed E-state index contributed by atoms with van der Waals surface area (Å²) in [6.07, 6.45) is -0.700. The van der Waals surface area contributed by atoms with E-state index in [4.69, 9.17) is 21.1 Å². The van der Waals surface area contributed by atoms with Gasteiger partial charge in [0, 0.05) is 6.54 Å². The molecule has 1 aromatic carbocycles. The summed E-state index contributed by atoms with van der Waals surface area (Å²) in [4.78, 5) is 13.6. The van der Waals surface area contributed by atoms with Crippen LogP contribution < -0.4 is 4.74 Å². The lowest BCUT2D eigenvalue weighted by Gasteiger charge is -2.21. The fraction of sp³-hybridized carbons (Fsp3) is 0.533. The van der Waals surface area contributed by atoms with Gasteiger partial charge >= 0.3 is 5.97 Å². The molecule has 0 fully saturated rings. The first-order chi connectivity index (χ1) is 10.1. The van der Waals surface area contributed by atoms with Gasteiger partial charge in [0.2, 0.25) is 0 Å². The number of carbonyl (C=O) groups excluding carboxylic acids is 1. The zero-order valence-corrected chi connectivity index (χ0v) is 13.2. The van der Waals surface area contributed by atoms with Crippen molar-refractivity contribution in [1.82, 2.24) is 4.90 Å². The number of halogens is 1. The molecule has 1 aromatic rings. The Morgan fingerprint density at radius 2 is 2.00 bits per heavy atom. The third-order valence-corrected chi connectivity index (χ3v) is 3.29. The Bertz CT molecular complexity index is 437. The Morgan fingerprint density at radius 3 is 2.62 bits per heavy atom. The van der Waals surface area contributed by atoms with Gasteiger partial charge in [-0.3, -0.25) is 0 Å². The van der Waals surface area contributed by atoms with Crippen LogP contribution in [0.25, 0.3) is 0 Å². The topological polar surface area (TPSA) is 59.0 Å². The van der Waals surface area contributed by atoms with E-state index >= 15 is 0 Å². The molecule has 0 heterocycles. The van der Waals surface area contributed by atoms with Crippen LogP contribution in [0.1, 0.15) is 13.8 Å². The Kier molecular flexibility index (Phi) is 8.12. The summed E-state index contributed by atoms with van der Waals surface area (Å²) in [5, 5.41) is 10.2. The molecule has 0 bridgehead atoms. The highest BCUT2D eigenvalue weighted by Crippen LogP contribution is 2.22. The Labute approximate surface area is 130 Å². The molecule has 118 valence electrons. The fourth-order valence-electron chi connectivity index (χ4n) is 1.76. The van der Waals surface area contributed by atoms with E-state index in [0.29, 0.717) is 17.3 Å². The normalized spacial score (nSPS) is 12.2. The molecule has 5 nitrogen and oxygen atoms in total. The van der Waals surface area contributed by atoms with Gasteiger partial charge in [-0.15, -0.1) is 0 Å². The number of hydrogen-bond donors (Lipinski definition) is 1. The van der Waals surface area contributed by atoms with Gasteiger partial charge in [-0.25, -0.2) is 4.79 Å². The van der Waals surface area contributed by atoms with Gasteiger partial charge in [-0.2, -0.15) is 0 Å². The van der Waals surface area contributed by atoms with Crippen molar-refractivity contribution in [1.29, 1.82) is 0 Å². The zero-order valence-electron chi connectivity index (χ0n) is 12.4. The van der Waals surface area contributed by atoms with Gasteiger partial charge in [0.25, 0.3) is 0 Å². The van der Waals surface area contributed by atoms with Crippen LogP contribution in [0.15, 0.2) is 24.3 Å². The number of aliphatic hydroxyl groups is 1. The molecule has 1 unspecified atom stereocenters. The van der Waals surface area contributed by atoms with Crippen molar-refractivity contribution in [3.63, 3.8) is 0 Å². The number of likely N-dealkylation sites (N-methyl/N-ethyl adjacent to an activating group) is 1. The highest BCUT2D eigenvalue weighted by Gasteiger charge is 2.12. The van der Waals surface area contributed by atoms with Crippen LogP contribution in [0.3, 0.4) is 0 Å². The molecule has 0 amide bonds. The lowest BCUT2D eigenvalue weighted by atomic mass is 10.3. The second-order valence-corrected chi connectivity index (χ2v) is 4.95. The largest absolute Gasteiger partial charge is 0.480 e. The summed E-state index contributed by atoms with van der Waals surface area (Å²) in [6, 6.07) is 6.89. The molecule has 0 aromatic heterocycles. The number of aliphatic hydroxyl groups excluding tert-OH is 1. The SMILES string of the molecule is CCN(CC)CC(O)COC(=O)COc1ccccc1Cl. The lowest BCUT2D eigenvalue weighted by Crippen LogP contribution is -2.35. The fourth-order valence-corrected chi connectivity index (χ4v) is 1.95. The first-order valence-corrected chi connectivity index (χ1v) is 7.38.